The van der Waals surface area contributed by atoms with Crippen molar-refractivity contribution in [2.24, 2.45) is 0 Å². The van der Waals surface area contributed by atoms with Crippen LogP contribution in [0.15, 0.2) is 17.2 Å². The fraction of sp³-hybridized carbons (Fsp3) is 0.556. The van der Waals surface area contributed by atoms with Crippen LogP contribution in [-0.4, -0.2) is 41.5 Å². The van der Waals surface area contributed by atoms with Gasteiger partial charge in [-0.05, 0) is 13.6 Å². The van der Waals surface area contributed by atoms with Gasteiger partial charge in [0.1, 0.15) is 5.82 Å². The topological polar surface area (TPSA) is 61.0 Å². The Kier molecular flexibility index (Phi) is 4.12. The van der Waals surface area contributed by atoms with E-state index in [0.717, 1.165) is 19.6 Å². The molecule has 1 heterocycles. The zero-order chi connectivity index (χ0) is 10.4. The Balaban J connectivity index is 2.35. The molecule has 1 aromatic rings. The van der Waals surface area contributed by atoms with Crippen molar-refractivity contribution in [3.05, 3.63) is 22.7 Å². The van der Waals surface area contributed by atoms with E-state index in [1.807, 2.05) is 7.05 Å². The van der Waals surface area contributed by atoms with Gasteiger partial charge in [-0.25, -0.2) is 4.98 Å². The number of likely N-dealkylation sites (N-methyl/N-ethyl adjacent to an activating group) is 1. The lowest BCUT2D eigenvalue weighted by Gasteiger charge is -2.13. The summed E-state index contributed by atoms with van der Waals surface area (Å²) in [5, 5.41) is 3.08. The normalized spacial score (nSPS) is 10.5. The van der Waals surface area contributed by atoms with Crippen molar-refractivity contribution in [3.63, 3.8) is 0 Å². The van der Waals surface area contributed by atoms with Crippen molar-refractivity contribution >= 4 is 5.82 Å². The van der Waals surface area contributed by atoms with Gasteiger partial charge in [0.25, 0.3) is 5.56 Å². The molecule has 0 aromatic carbocycles. The quantitative estimate of drug-likeness (QED) is 0.703. The number of rotatable bonds is 5. The summed E-state index contributed by atoms with van der Waals surface area (Å²) in [5.74, 6) is 0.623. The molecule has 0 atom stereocenters. The summed E-state index contributed by atoms with van der Waals surface area (Å²) in [5.41, 5.74) is -0.133. The molecule has 1 aromatic heterocycles. The van der Waals surface area contributed by atoms with Crippen molar-refractivity contribution in [2.75, 3.05) is 32.0 Å². The minimum absolute atomic E-state index is 0.133. The molecule has 0 bridgehead atoms. The van der Waals surface area contributed by atoms with E-state index in [4.69, 9.17) is 0 Å². The van der Waals surface area contributed by atoms with E-state index < -0.39 is 0 Å². The second-order valence-electron chi connectivity index (χ2n) is 3.12. The van der Waals surface area contributed by atoms with Gasteiger partial charge in [-0.1, -0.05) is 6.92 Å². The highest BCUT2D eigenvalue weighted by Crippen LogP contribution is 1.93. The average molecular weight is 196 g/mol. The number of anilines is 1. The van der Waals surface area contributed by atoms with E-state index in [2.05, 4.69) is 27.1 Å². The van der Waals surface area contributed by atoms with Crippen molar-refractivity contribution in [3.8, 4) is 0 Å². The van der Waals surface area contributed by atoms with Crippen LogP contribution >= 0.6 is 0 Å². The number of aromatic nitrogens is 2. The number of H-pyrrole nitrogens is 1. The minimum atomic E-state index is -0.133. The molecule has 14 heavy (non-hydrogen) atoms. The van der Waals surface area contributed by atoms with Crippen molar-refractivity contribution in [1.82, 2.24) is 14.9 Å². The number of aromatic amines is 1. The SMILES string of the molecule is CCN(C)CCNc1cc(=O)[nH]cn1. The van der Waals surface area contributed by atoms with Crippen molar-refractivity contribution in [2.45, 2.75) is 6.92 Å². The summed E-state index contributed by atoms with van der Waals surface area (Å²) < 4.78 is 0. The van der Waals surface area contributed by atoms with Crippen LogP contribution < -0.4 is 10.9 Å². The molecule has 0 aliphatic carbocycles. The van der Waals surface area contributed by atoms with Gasteiger partial charge in [0.05, 0.1) is 6.33 Å². The molecule has 2 N–H and O–H groups in total. The molecule has 5 nitrogen and oxygen atoms in total. The van der Waals surface area contributed by atoms with Crippen LogP contribution in [0.1, 0.15) is 6.92 Å². The minimum Gasteiger partial charge on any atom is -0.369 e. The van der Waals surface area contributed by atoms with Crippen LogP contribution in [0.25, 0.3) is 0 Å². The summed E-state index contributed by atoms with van der Waals surface area (Å²) in [7, 11) is 2.05. The summed E-state index contributed by atoms with van der Waals surface area (Å²) >= 11 is 0. The summed E-state index contributed by atoms with van der Waals surface area (Å²) in [6.07, 6.45) is 1.40. The second kappa shape index (κ2) is 5.39. The monoisotopic (exact) mass is 196 g/mol. The average Bonchev–Trinajstić information content (AvgIpc) is 2.17. The summed E-state index contributed by atoms with van der Waals surface area (Å²) in [6, 6.07) is 1.45. The largest absolute Gasteiger partial charge is 0.369 e. The maximum absolute atomic E-state index is 10.9. The molecule has 0 fully saturated rings. The Morgan fingerprint density at radius 2 is 2.43 bits per heavy atom. The van der Waals surface area contributed by atoms with Crippen LogP contribution in [0.5, 0.6) is 0 Å². The molecule has 5 heteroatoms. The first-order chi connectivity index (χ1) is 6.72. The predicted octanol–water partition coefficient (Wildman–Crippen LogP) is 0.133. The van der Waals surface area contributed by atoms with Gasteiger partial charge in [0.2, 0.25) is 0 Å². The Labute approximate surface area is 83.2 Å². The van der Waals surface area contributed by atoms with Gasteiger partial charge in [-0.3, -0.25) is 4.79 Å². The molecule has 0 amide bonds. The van der Waals surface area contributed by atoms with E-state index in [0.29, 0.717) is 5.82 Å². The third kappa shape index (κ3) is 3.57. The highest BCUT2D eigenvalue weighted by Gasteiger charge is 1.95. The lowest BCUT2D eigenvalue weighted by atomic mass is 10.5. The zero-order valence-corrected chi connectivity index (χ0v) is 8.58. The van der Waals surface area contributed by atoms with Gasteiger partial charge in [-0.15, -0.1) is 0 Å². The van der Waals surface area contributed by atoms with Gasteiger partial charge in [0.15, 0.2) is 0 Å². The molecular formula is C9H16N4O. The van der Waals surface area contributed by atoms with Gasteiger partial charge in [-0.2, -0.15) is 0 Å². The van der Waals surface area contributed by atoms with Gasteiger partial charge < -0.3 is 15.2 Å². The molecular weight excluding hydrogens is 180 g/mol. The number of hydrogen-bond donors (Lipinski definition) is 2. The highest BCUT2D eigenvalue weighted by molar-refractivity contribution is 5.31. The third-order valence-corrected chi connectivity index (χ3v) is 2.02. The standard InChI is InChI=1S/C9H16N4O/c1-3-13(2)5-4-10-8-6-9(14)12-7-11-8/h6-7H,3-5H2,1-2H3,(H2,10,11,12,14). The van der Waals surface area contributed by atoms with E-state index in [1.165, 1.54) is 12.4 Å². The fourth-order valence-electron chi connectivity index (χ4n) is 0.998. The molecule has 0 aliphatic rings. The first-order valence-electron chi connectivity index (χ1n) is 4.69. The van der Waals surface area contributed by atoms with Gasteiger partial charge in [0, 0.05) is 19.2 Å². The van der Waals surface area contributed by atoms with Crippen LogP contribution in [0.2, 0.25) is 0 Å². The Morgan fingerprint density at radius 1 is 1.64 bits per heavy atom. The Hall–Kier alpha value is -1.36. The molecule has 0 radical (unpaired) electrons. The molecule has 1 rings (SSSR count). The van der Waals surface area contributed by atoms with Crippen molar-refractivity contribution < 1.29 is 0 Å². The van der Waals surface area contributed by atoms with Crippen LogP contribution in [-0.2, 0) is 0 Å². The summed E-state index contributed by atoms with van der Waals surface area (Å²) in [4.78, 5) is 19.5. The lowest BCUT2D eigenvalue weighted by Crippen LogP contribution is -2.25. The van der Waals surface area contributed by atoms with E-state index in [1.54, 1.807) is 0 Å². The maximum Gasteiger partial charge on any atom is 0.252 e. The zero-order valence-electron chi connectivity index (χ0n) is 8.58. The summed E-state index contributed by atoms with van der Waals surface area (Å²) in [6.45, 7) is 4.85. The molecule has 78 valence electrons. The molecule has 0 saturated heterocycles. The Morgan fingerprint density at radius 3 is 3.07 bits per heavy atom. The van der Waals surface area contributed by atoms with Crippen LogP contribution in [0, 0.1) is 0 Å². The Bertz CT molecular complexity index is 323. The molecule has 0 spiro atoms. The van der Waals surface area contributed by atoms with E-state index in [9.17, 15) is 4.79 Å². The highest BCUT2D eigenvalue weighted by atomic mass is 16.1. The number of hydrogen-bond acceptors (Lipinski definition) is 4. The lowest BCUT2D eigenvalue weighted by molar-refractivity contribution is 0.367. The van der Waals surface area contributed by atoms with E-state index in [-0.39, 0.29) is 5.56 Å². The predicted molar refractivity (Wildman–Crippen MR) is 56.5 cm³/mol. The molecule has 0 saturated carbocycles. The number of nitrogens with one attached hydrogen (secondary N) is 2. The molecule has 0 unspecified atom stereocenters. The molecule has 0 aliphatic heterocycles. The first kappa shape index (κ1) is 10.7. The van der Waals surface area contributed by atoms with Crippen LogP contribution in [0.4, 0.5) is 5.82 Å². The number of nitrogens with zero attached hydrogens (tertiary/aromatic N) is 2. The third-order valence-electron chi connectivity index (χ3n) is 2.02. The van der Waals surface area contributed by atoms with Gasteiger partial charge >= 0.3 is 0 Å². The van der Waals surface area contributed by atoms with Crippen molar-refractivity contribution in [1.29, 1.82) is 0 Å². The maximum atomic E-state index is 10.9. The smallest absolute Gasteiger partial charge is 0.252 e. The second-order valence-corrected chi connectivity index (χ2v) is 3.12. The van der Waals surface area contributed by atoms with Crippen LogP contribution in [0.3, 0.4) is 0 Å². The van der Waals surface area contributed by atoms with E-state index >= 15 is 0 Å². The first-order valence-corrected chi connectivity index (χ1v) is 4.69. The fourth-order valence-corrected chi connectivity index (χ4v) is 0.998.